The van der Waals surface area contributed by atoms with E-state index in [4.69, 9.17) is 4.74 Å². The SMILES string of the molecule is O=C1C(=O)N(c2ccc(F)c(F)c2)C(c2ccccn2)/C1=C(/O)c1ccc2c(c1)CCCO2. The molecule has 0 radical (unpaired) electrons. The van der Waals surface area contributed by atoms with Crippen LogP contribution in [0.25, 0.3) is 5.76 Å². The molecule has 1 unspecified atom stereocenters. The van der Waals surface area contributed by atoms with Gasteiger partial charge in [0.05, 0.1) is 17.9 Å². The Labute approximate surface area is 187 Å². The Kier molecular flexibility index (Phi) is 5.12. The molecule has 33 heavy (non-hydrogen) atoms. The maximum absolute atomic E-state index is 14.0. The van der Waals surface area contributed by atoms with Crippen LogP contribution >= 0.6 is 0 Å². The zero-order valence-electron chi connectivity index (χ0n) is 17.3. The minimum Gasteiger partial charge on any atom is -0.507 e. The van der Waals surface area contributed by atoms with Crippen molar-refractivity contribution in [3.63, 3.8) is 0 Å². The number of benzene rings is 2. The highest BCUT2D eigenvalue weighted by molar-refractivity contribution is 6.51. The predicted octanol–water partition coefficient (Wildman–Crippen LogP) is 4.31. The number of aliphatic hydroxyl groups excluding tert-OH is 1. The van der Waals surface area contributed by atoms with Crippen LogP contribution in [0.3, 0.4) is 0 Å². The largest absolute Gasteiger partial charge is 0.507 e. The van der Waals surface area contributed by atoms with E-state index in [0.717, 1.165) is 35.4 Å². The Morgan fingerprint density at radius 3 is 2.67 bits per heavy atom. The van der Waals surface area contributed by atoms with Crippen LogP contribution in [0.15, 0.2) is 66.4 Å². The number of halogens is 2. The first-order valence-corrected chi connectivity index (χ1v) is 10.4. The van der Waals surface area contributed by atoms with E-state index in [9.17, 15) is 23.5 Å². The first kappa shape index (κ1) is 20.8. The van der Waals surface area contributed by atoms with Gasteiger partial charge >= 0.3 is 0 Å². The van der Waals surface area contributed by atoms with Gasteiger partial charge in [0.25, 0.3) is 11.7 Å². The van der Waals surface area contributed by atoms with Crippen molar-refractivity contribution in [3.8, 4) is 5.75 Å². The number of amides is 1. The Hall–Kier alpha value is -4.07. The van der Waals surface area contributed by atoms with Crippen LogP contribution in [-0.4, -0.2) is 28.4 Å². The molecule has 1 amide bonds. The molecule has 1 saturated heterocycles. The summed E-state index contributed by atoms with van der Waals surface area (Å²) in [5.74, 6) is -3.82. The summed E-state index contributed by atoms with van der Waals surface area (Å²) < 4.78 is 33.1. The first-order chi connectivity index (χ1) is 16.0. The van der Waals surface area contributed by atoms with E-state index in [2.05, 4.69) is 4.98 Å². The number of ketones is 1. The van der Waals surface area contributed by atoms with Crippen LogP contribution in [0.5, 0.6) is 5.75 Å². The number of hydrogen-bond donors (Lipinski definition) is 1. The van der Waals surface area contributed by atoms with Crippen molar-refractivity contribution < 1.29 is 28.2 Å². The zero-order valence-corrected chi connectivity index (χ0v) is 17.3. The minimum absolute atomic E-state index is 0.0236. The molecule has 8 heteroatoms. The average molecular weight is 448 g/mol. The molecule has 0 saturated carbocycles. The second-order valence-corrected chi connectivity index (χ2v) is 7.80. The molecule has 6 nitrogen and oxygen atoms in total. The van der Waals surface area contributed by atoms with Crippen molar-refractivity contribution in [2.75, 3.05) is 11.5 Å². The lowest BCUT2D eigenvalue weighted by atomic mass is 9.96. The number of carbonyl (C=O) groups excluding carboxylic acids is 2. The summed E-state index contributed by atoms with van der Waals surface area (Å²) in [6.07, 6.45) is 3.06. The quantitative estimate of drug-likeness (QED) is 0.367. The standard InChI is InChI=1S/C25H18F2N2O4/c26-17-8-7-16(13-18(17)27)29-22(19-5-1-2-10-28-19)21(24(31)25(29)32)23(30)15-6-9-20-14(12-15)4-3-11-33-20/h1-2,5-10,12-13,22,30H,3-4,11H2/b23-21-. The van der Waals surface area contributed by atoms with Gasteiger partial charge in [0.2, 0.25) is 0 Å². The van der Waals surface area contributed by atoms with Crippen molar-refractivity contribution in [1.82, 2.24) is 4.98 Å². The third kappa shape index (κ3) is 3.53. The monoisotopic (exact) mass is 448 g/mol. The Morgan fingerprint density at radius 1 is 1.06 bits per heavy atom. The van der Waals surface area contributed by atoms with E-state index in [-0.39, 0.29) is 17.0 Å². The summed E-state index contributed by atoms with van der Waals surface area (Å²) in [7, 11) is 0. The fourth-order valence-electron chi connectivity index (χ4n) is 4.21. The lowest BCUT2D eigenvalue weighted by Gasteiger charge is -2.24. The molecule has 1 atom stereocenters. The summed E-state index contributed by atoms with van der Waals surface area (Å²) in [4.78, 5) is 31.4. The number of carbonyl (C=O) groups is 2. The normalized spacial score (nSPS) is 19.3. The lowest BCUT2D eigenvalue weighted by Crippen LogP contribution is -2.30. The number of aromatic nitrogens is 1. The van der Waals surface area contributed by atoms with Crippen molar-refractivity contribution in [3.05, 3.63) is 94.8 Å². The number of aliphatic hydroxyl groups is 1. The molecule has 0 aliphatic carbocycles. The number of aryl methyl sites for hydroxylation is 1. The highest BCUT2D eigenvalue weighted by atomic mass is 19.2. The second kappa shape index (κ2) is 8.12. The summed E-state index contributed by atoms with van der Waals surface area (Å²) in [5, 5.41) is 11.2. The highest BCUT2D eigenvalue weighted by Crippen LogP contribution is 2.42. The summed E-state index contributed by atoms with van der Waals surface area (Å²) in [6, 6.07) is 11.8. The summed E-state index contributed by atoms with van der Waals surface area (Å²) in [5.41, 5.74) is 1.33. The van der Waals surface area contributed by atoms with Crippen molar-refractivity contribution in [2.45, 2.75) is 18.9 Å². The third-order valence-corrected chi connectivity index (χ3v) is 5.78. The van der Waals surface area contributed by atoms with Gasteiger partial charge in [0.1, 0.15) is 17.6 Å². The molecule has 2 aliphatic rings. The molecule has 2 aromatic carbocycles. The summed E-state index contributed by atoms with van der Waals surface area (Å²) >= 11 is 0. The topological polar surface area (TPSA) is 79.7 Å². The molecule has 1 aromatic heterocycles. The van der Waals surface area contributed by atoms with Crippen molar-refractivity contribution in [1.29, 1.82) is 0 Å². The van der Waals surface area contributed by atoms with Gasteiger partial charge < -0.3 is 9.84 Å². The number of ether oxygens (including phenoxy) is 1. The van der Waals surface area contributed by atoms with E-state index >= 15 is 0 Å². The van der Waals surface area contributed by atoms with Gasteiger partial charge in [-0.15, -0.1) is 0 Å². The molecule has 3 heterocycles. The van der Waals surface area contributed by atoms with E-state index in [1.807, 2.05) is 0 Å². The number of hydrogen-bond acceptors (Lipinski definition) is 5. The Bertz CT molecular complexity index is 1310. The molecular formula is C25H18F2N2O4. The van der Waals surface area contributed by atoms with Gasteiger partial charge in [-0.3, -0.25) is 19.5 Å². The number of pyridine rings is 1. The molecule has 3 aromatic rings. The van der Waals surface area contributed by atoms with Gasteiger partial charge in [0, 0.05) is 23.5 Å². The molecule has 166 valence electrons. The summed E-state index contributed by atoms with van der Waals surface area (Å²) in [6.45, 7) is 0.608. The number of anilines is 1. The Morgan fingerprint density at radius 2 is 1.91 bits per heavy atom. The molecule has 1 fully saturated rings. The van der Waals surface area contributed by atoms with Gasteiger partial charge in [-0.25, -0.2) is 8.78 Å². The first-order valence-electron chi connectivity index (χ1n) is 10.4. The lowest BCUT2D eigenvalue weighted by molar-refractivity contribution is -0.132. The van der Waals surface area contributed by atoms with E-state index in [1.165, 1.54) is 12.3 Å². The van der Waals surface area contributed by atoms with Crippen LogP contribution in [0.2, 0.25) is 0 Å². The molecule has 0 spiro atoms. The van der Waals surface area contributed by atoms with Gasteiger partial charge in [0.15, 0.2) is 11.6 Å². The number of fused-ring (bicyclic) bond motifs is 1. The second-order valence-electron chi connectivity index (χ2n) is 7.80. The van der Waals surface area contributed by atoms with Crippen molar-refractivity contribution in [2.24, 2.45) is 0 Å². The maximum Gasteiger partial charge on any atom is 0.300 e. The van der Waals surface area contributed by atoms with Gasteiger partial charge in [-0.1, -0.05) is 6.07 Å². The van der Waals surface area contributed by atoms with E-state index in [1.54, 1.807) is 36.4 Å². The van der Waals surface area contributed by atoms with Crippen LogP contribution in [0, 0.1) is 11.6 Å². The maximum atomic E-state index is 14.0. The van der Waals surface area contributed by atoms with Crippen LogP contribution in [0.4, 0.5) is 14.5 Å². The van der Waals surface area contributed by atoms with E-state index in [0.29, 0.717) is 23.6 Å². The fourth-order valence-corrected chi connectivity index (χ4v) is 4.21. The zero-order chi connectivity index (χ0) is 23.1. The van der Waals surface area contributed by atoms with Gasteiger partial charge in [-0.2, -0.15) is 0 Å². The highest BCUT2D eigenvalue weighted by Gasteiger charge is 2.47. The number of rotatable bonds is 3. The fraction of sp³-hybridized carbons (Fsp3) is 0.160. The Balaban J connectivity index is 1.69. The predicted molar refractivity (Wildman–Crippen MR) is 116 cm³/mol. The van der Waals surface area contributed by atoms with Crippen LogP contribution in [-0.2, 0) is 16.0 Å². The molecule has 1 N–H and O–H groups in total. The molecule has 5 rings (SSSR count). The average Bonchev–Trinajstić information content (AvgIpc) is 3.11. The molecular weight excluding hydrogens is 430 g/mol. The van der Waals surface area contributed by atoms with E-state index < -0.39 is 29.4 Å². The number of nitrogens with zero attached hydrogens (tertiary/aromatic N) is 2. The van der Waals surface area contributed by atoms with Crippen molar-refractivity contribution >= 4 is 23.1 Å². The van der Waals surface area contributed by atoms with Crippen LogP contribution in [0.1, 0.15) is 29.3 Å². The smallest absolute Gasteiger partial charge is 0.300 e. The number of Topliss-reactive ketones (excluding diaryl/α,β-unsaturated/α-hetero) is 1. The van der Waals surface area contributed by atoms with Crippen LogP contribution < -0.4 is 9.64 Å². The third-order valence-electron chi connectivity index (χ3n) is 5.78. The molecule has 0 bridgehead atoms. The minimum atomic E-state index is -1.16. The van der Waals surface area contributed by atoms with Gasteiger partial charge in [-0.05, 0) is 60.9 Å². The molecule has 2 aliphatic heterocycles.